The Kier molecular flexibility index (Phi) is 5.69. The van der Waals surface area contributed by atoms with E-state index in [-0.39, 0.29) is 24.4 Å². The smallest absolute Gasteiger partial charge is 0.407 e. The fourth-order valence-electron chi connectivity index (χ4n) is 1.64. The van der Waals surface area contributed by atoms with Gasteiger partial charge in [0.1, 0.15) is 11.4 Å². The molecule has 0 aromatic rings. The summed E-state index contributed by atoms with van der Waals surface area (Å²) in [5.41, 5.74) is 0.0763. The third-order valence-electron chi connectivity index (χ3n) is 2.54. The Morgan fingerprint density at radius 2 is 2.00 bits per heavy atom. The molecule has 0 atom stereocenters. The number of carbonyl (C=O) groups is 2. The van der Waals surface area contributed by atoms with Crippen molar-refractivity contribution in [3.05, 3.63) is 35.2 Å². The zero-order chi connectivity index (χ0) is 16.0. The minimum Gasteiger partial charge on any atom is -0.465 e. The standard InChI is InChI=1S/C15H20FNO4/c1-15(2,3)21-14(19)17-9-10-5-6-11(16)7-8-12(10)13(18)20-4/h5-6,8H,7,9H2,1-4H3,(H,17,19). The highest BCUT2D eigenvalue weighted by Gasteiger charge is 2.20. The van der Waals surface area contributed by atoms with Crippen LogP contribution in [0.1, 0.15) is 27.2 Å². The molecule has 21 heavy (non-hydrogen) atoms. The Bertz CT molecular complexity index is 512. The molecule has 0 aliphatic heterocycles. The van der Waals surface area contributed by atoms with Crippen molar-refractivity contribution < 1.29 is 23.5 Å². The SMILES string of the molecule is COC(=O)C1=CCC(F)=CC=C1CNC(=O)OC(C)(C)C. The second kappa shape index (κ2) is 7.06. The van der Waals surface area contributed by atoms with E-state index >= 15 is 0 Å². The van der Waals surface area contributed by atoms with E-state index in [9.17, 15) is 14.0 Å². The molecular weight excluding hydrogens is 277 g/mol. The van der Waals surface area contributed by atoms with Gasteiger partial charge in [-0.2, -0.15) is 0 Å². The second-order valence-corrected chi connectivity index (χ2v) is 5.47. The number of esters is 1. The number of carbonyl (C=O) groups excluding carboxylic acids is 2. The van der Waals surface area contributed by atoms with E-state index in [0.717, 1.165) is 0 Å². The van der Waals surface area contributed by atoms with Crippen molar-refractivity contribution in [3.8, 4) is 0 Å². The van der Waals surface area contributed by atoms with Gasteiger partial charge in [0.15, 0.2) is 0 Å². The maximum atomic E-state index is 13.3. The van der Waals surface area contributed by atoms with Gasteiger partial charge in [-0.25, -0.2) is 14.0 Å². The summed E-state index contributed by atoms with van der Waals surface area (Å²) in [6.45, 7) is 5.28. The summed E-state index contributed by atoms with van der Waals surface area (Å²) in [5, 5.41) is 2.53. The average molecular weight is 297 g/mol. The van der Waals surface area contributed by atoms with Gasteiger partial charge in [0.05, 0.1) is 12.7 Å². The number of hydrogen-bond acceptors (Lipinski definition) is 4. The molecule has 0 aromatic carbocycles. The lowest BCUT2D eigenvalue weighted by Gasteiger charge is -2.20. The largest absolute Gasteiger partial charge is 0.465 e. The monoisotopic (exact) mass is 297 g/mol. The number of alkyl carbamates (subject to hydrolysis) is 1. The third kappa shape index (κ3) is 5.81. The number of methoxy groups -OCH3 is 1. The average Bonchev–Trinajstić information content (AvgIpc) is 2.55. The van der Waals surface area contributed by atoms with Crippen LogP contribution in [0, 0.1) is 0 Å². The zero-order valence-corrected chi connectivity index (χ0v) is 12.7. The summed E-state index contributed by atoms with van der Waals surface area (Å²) in [6, 6.07) is 0. The Balaban J connectivity index is 2.78. The highest BCUT2D eigenvalue weighted by atomic mass is 19.1. The van der Waals surface area contributed by atoms with Crippen LogP contribution in [0.4, 0.5) is 9.18 Å². The van der Waals surface area contributed by atoms with Crippen molar-refractivity contribution in [2.24, 2.45) is 0 Å². The van der Waals surface area contributed by atoms with Crippen molar-refractivity contribution in [1.29, 1.82) is 0 Å². The van der Waals surface area contributed by atoms with E-state index in [2.05, 4.69) is 10.1 Å². The van der Waals surface area contributed by atoms with Crippen LogP contribution in [0.25, 0.3) is 0 Å². The van der Waals surface area contributed by atoms with Crippen molar-refractivity contribution in [3.63, 3.8) is 0 Å². The summed E-state index contributed by atoms with van der Waals surface area (Å²) in [6.07, 6.45) is 3.55. The van der Waals surface area contributed by atoms with E-state index < -0.39 is 17.7 Å². The summed E-state index contributed by atoms with van der Waals surface area (Å²) in [5.74, 6) is -0.945. The molecule has 0 aromatic heterocycles. The van der Waals surface area contributed by atoms with Crippen molar-refractivity contribution in [2.45, 2.75) is 32.8 Å². The Hall–Kier alpha value is -2.11. The molecule has 0 fully saturated rings. The van der Waals surface area contributed by atoms with Crippen LogP contribution in [0.2, 0.25) is 0 Å². The van der Waals surface area contributed by atoms with Gasteiger partial charge in [-0.05, 0) is 32.4 Å². The lowest BCUT2D eigenvalue weighted by molar-refractivity contribution is -0.135. The molecule has 116 valence electrons. The number of ether oxygens (including phenoxy) is 2. The van der Waals surface area contributed by atoms with E-state index in [0.29, 0.717) is 5.57 Å². The van der Waals surface area contributed by atoms with Crippen LogP contribution in [0.5, 0.6) is 0 Å². The summed E-state index contributed by atoms with van der Waals surface area (Å²) in [4.78, 5) is 23.3. The molecule has 0 heterocycles. The number of halogens is 1. The van der Waals surface area contributed by atoms with Crippen LogP contribution in [-0.4, -0.2) is 31.3 Å². The first-order chi connectivity index (χ1) is 9.73. The predicted molar refractivity (Wildman–Crippen MR) is 76.2 cm³/mol. The topological polar surface area (TPSA) is 64.6 Å². The molecule has 0 unspecified atom stereocenters. The van der Waals surface area contributed by atoms with Crippen molar-refractivity contribution in [2.75, 3.05) is 13.7 Å². The zero-order valence-electron chi connectivity index (χ0n) is 12.7. The van der Waals surface area contributed by atoms with Crippen molar-refractivity contribution in [1.82, 2.24) is 5.32 Å². The van der Waals surface area contributed by atoms with E-state index in [4.69, 9.17) is 4.74 Å². The van der Waals surface area contributed by atoms with Gasteiger partial charge in [-0.15, -0.1) is 0 Å². The van der Waals surface area contributed by atoms with E-state index in [1.165, 1.54) is 25.3 Å². The molecule has 5 nitrogen and oxygen atoms in total. The normalized spacial score (nSPS) is 15.2. The summed E-state index contributed by atoms with van der Waals surface area (Å²) < 4.78 is 23.0. The number of amides is 1. The maximum absolute atomic E-state index is 13.3. The van der Waals surface area contributed by atoms with Crippen LogP contribution in [0.3, 0.4) is 0 Å². The summed E-state index contributed by atoms with van der Waals surface area (Å²) in [7, 11) is 1.25. The van der Waals surface area contributed by atoms with Crippen molar-refractivity contribution >= 4 is 12.1 Å². The molecule has 0 radical (unpaired) electrons. The number of allylic oxidation sites excluding steroid dienone is 4. The van der Waals surface area contributed by atoms with Crippen LogP contribution in [0.15, 0.2) is 35.2 Å². The first kappa shape index (κ1) is 16.9. The van der Waals surface area contributed by atoms with Crippen LogP contribution in [-0.2, 0) is 14.3 Å². The molecule has 0 spiro atoms. The molecule has 0 bridgehead atoms. The van der Waals surface area contributed by atoms with Gasteiger partial charge < -0.3 is 14.8 Å². The predicted octanol–water partition coefficient (Wildman–Crippen LogP) is 2.79. The summed E-state index contributed by atoms with van der Waals surface area (Å²) >= 11 is 0. The first-order valence-electron chi connectivity index (χ1n) is 6.54. The molecule has 1 aliphatic carbocycles. The Morgan fingerprint density at radius 3 is 2.57 bits per heavy atom. The molecular formula is C15H20FNO4. The van der Waals surface area contributed by atoms with Gasteiger partial charge in [-0.3, -0.25) is 0 Å². The Labute approximate surface area is 123 Å². The van der Waals surface area contributed by atoms with Crippen LogP contribution >= 0.6 is 0 Å². The van der Waals surface area contributed by atoms with Gasteiger partial charge in [0.2, 0.25) is 0 Å². The van der Waals surface area contributed by atoms with E-state index in [1.807, 2.05) is 0 Å². The fourth-order valence-corrected chi connectivity index (χ4v) is 1.64. The number of hydrogen-bond donors (Lipinski definition) is 1. The maximum Gasteiger partial charge on any atom is 0.407 e. The molecule has 0 saturated heterocycles. The van der Waals surface area contributed by atoms with Gasteiger partial charge >= 0.3 is 12.1 Å². The first-order valence-corrected chi connectivity index (χ1v) is 6.54. The lowest BCUT2D eigenvalue weighted by atomic mass is 10.1. The van der Waals surface area contributed by atoms with Gasteiger partial charge in [0.25, 0.3) is 0 Å². The van der Waals surface area contributed by atoms with Gasteiger partial charge in [-0.1, -0.05) is 12.2 Å². The molecule has 1 N–H and O–H groups in total. The second-order valence-electron chi connectivity index (χ2n) is 5.47. The fraction of sp³-hybridized carbons (Fsp3) is 0.467. The number of rotatable bonds is 3. The third-order valence-corrected chi connectivity index (χ3v) is 2.54. The molecule has 0 saturated carbocycles. The highest BCUT2D eigenvalue weighted by molar-refractivity contribution is 5.94. The quantitative estimate of drug-likeness (QED) is 0.814. The van der Waals surface area contributed by atoms with E-state index in [1.54, 1.807) is 20.8 Å². The molecule has 1 amide bonds. The van der Waals surface area contributed by atoms with Gasteiger partial charge in [0, 0.05) is 13.0 Å². The number of nitrogens with one attached hydrogen (secondary N) is 1. The molecule has 6 heteroatoms. The molecule has 1 aliphatic rings. The Morgan fingerprint density at radius 1 is 1.33 bits per heavy atom. The lowest BCUT2D eigenvalue weighted by Crippen LogP contribution is -2.34. The minimum atomic E-state index is -0.616. The van der Waals surface area contributed by atoms with Crippen LogP contribution < -0.4 is 5.32 Å². The minimum absolute atomic E-state index is 0.0108. The molecule has 1 rings (SSSR count). The highest BCUT2D eigenvalue weighted by Crippen LogP contribution is 2.20.